The van der Waals surface area contributed by atoms with Gasteiger partial charge in [-0.25, -0.2) is 9.59 Å². The van der Waals surface area contributed by atoms with Crippen LogP contribution in [0.4, 0.5) is 0 Å². The average Bonchev–Trinajstić information content (AvgIpc) is 3.13. The zero-order valence-electron chi connectivity index (χ0n) is 33.1. The summed E-state index contributed by atoms with van der Waals surface area (Å²) in [6, 6.07) is 3.73. The molecule has 0 saturated carbocycles. The van der Waals surface area contributed by atoms with Gasteiger partial charge in [-0.2, -0.15) is 8.42 Å². The highest BCUT2D eigenvalue weighted by molar-refractivity contribution is 7.86. The maximum Gasteiger partial charge on any atom is 0.340 e. The van der Waals surface area contributed by atoms with Gasteiger partial charge >= 0.3 is 11.9 Å². The Hall–Kier alpha value is -2.45. The summed E-state index contributed by atoms with van der Waals surface area (Å²) < 4.78 is 44.7. The number of unbranched alkanes of at least 4 members (excludes halogenated alkanes) is 24. The average molecular weight is 747 g/mol. The zero-order valence-corrected chi connectivity index (χ0v) is 33.9. The molecule has 298 valence electrons. The fourth-order valence-corrected chi connectivity index (χ4v) is 7.01. The molecule has 0 atom stereocenters. The summed E-state index contributed by atoms with van der Waals surface area (Å²) in [7, 11) is -4.77. The second-order valence-electron chi connectivity index (χ2n) is 14.3. The molecule has 8 heteroatoms. The smallest absolute Gasteiger partial charge is 0.340 e. The number of rotatable bonds is 35. The van der Waals surface area contributed by atoms with E-state index in [0.717, 1.165) is 76.7 Å². The van der Waals surface area contributed by atoms with Crippen molar-refractivity contribution in [2.75, 3.05) is 13.2 Å². The van der Waals surface area contributed by atoms with Crippen molar-refractivity contribution in [2.45, 2.75) is 199 Å². The first-order valence-corrected chi connectivity index (χ1v) is 22.5. The molecule has 0 aliphatic carbocycles. The van der Waals surface area contributed by atoms with Crippen LogP contribution in [0, 0.1) is 0 Å². The van der Waals surface area contributed by atoms with Crippen molar-refractivity contribution >= 4 is 22.1 Å². The normalized spacial score (nSPS) is 11.9. The van der Waals surface area contributed by atoms with Crippen LogP contribution in [0.25, 0.3) is 0 Å². The second kappa shape index (κ2) is 33.1. The highest BCUT2D eigenvalue weighted by Crippen LogP contribution is 2.23. The Labute approximate surface area is 318 Å². The standard InChI is InChI=1S/C44H74O7S/c1-3-5-7-9-11-13-15-17-19-21-23-25-27-29-31-33-38-50-43(45)40-36-35-37-41(52(47,48)49)42(40)44(46)51-39-34-32-30-28-26-24-22-20-18-16-14-12-10-8-6-4-2/h19-22,35-37H,3-18,23-34,38-39H2,1-2H3,(H,47,48,49)/b21-19+,22-20+. The van der Waals surface area contributed by atoms with Crippen molar-refractivity contribution < 1.29 is 32.0 Å². The third-order valence-corrected chi connectivity index (χ3v) is 10.4. The molecule has 0 aliphatic rings. The van der Waals surface area contributed by atoms with E-state index in [1.165, 1.54) is 108 Å². The van der Waals surface area contributed by atoms with Crippen molar-refractivity contribution in [3.63, 3.8) is 0 Å². The molecular formula is C44H74O7S. The van der Waals surface area contributed by atoms with Crippen molar-refractivity contribution in [2.24, 2.45) is 0 Å². The van der Waals surface area contributed by atoms with Gasteiger partial charge in [-0.15, -0.1) is 0 Å². The molecular weight excluding hydrogens is 673 g/mol. The highest BCUT2D eigenvalue weighted by atomic mass is 32.2. The monoisotopic (exact) mass is 747 g/mol. The molecule has 0 amide bonds. The van der Waals surface area contributed by atoms with E-state index < -0.39 is 32.5 Å². The molecule has 0 aromatic heterocycles. The number of hydrogen-bond donors (Lipinski definition) is 1. The van der Waals surface area contributed by atoms with E-state index in [9.17, 15) is 22.6 Å². The molecule has 0 saturated heterocycles. The van der Waals surface area contributed by atoms with Crippen LogP contribution in [0.15, 0.2) is 47.4 Å². The summed E-state index contributed by atoms with van der Waals surface area (Å²) in [5, 5.41) is 0. The van der Waals surface area contributed by atoms with Crippen molar-refractivity contribution in [1.82, 2.24) is 0 Å². The van der Waals surface area contributed by atoms with Crippen LogP contribution < -0.4 is 0 Å². The summed E-state index contributed by atoms with van der Waals surface area (Å²) in [5.74, 6) is -1.76. The molecule has 0 heterocycles. The van der Waals surface area contributed by atoms with Gasteiger partial charge in [-0.1, -0.05) is 160 Å². The van der Waals surface area contributed by atoms with Gasteiger partial charge < -0.3 is 9.47 Å². The lowest BCUT2D eigenvalue weighted by atomic mass is 10.1. The summed E-state index contributed by atoms with van der Waals surface area (Å²) in [6.45, 7) is 4.76. The fourth-order valence-electron chi connectivity index (χ4n) is 6.31. The van der Waals surface area contributed by atoms with Gasteiger partial charge in [0.2, 0.25) is 0 Å². The van der Waals surface area contributed by atoms with Crippen LogP contribution >= 0.6 is 0 Å². The topological polar surface area (TPSA) is 107 Å². The van der Waals surface area contributed by atoms with E-state index in [4.69, 9.17) is 9.47 Å². The summed E-state index contributed by atoms with van der Waals surface area (Å²) >= 11 is 0. The molecule has 0 aliphatic heterocycles. The lowest BCUT2D eigenvalue weighted by molar-refractivity contribution is 0.0446. The summed E-state index contributed by atoms with van der Waals surface area (Å²) in [6.07, 6.45) is 42.0. The van der Waals surface area contributed by atoms with Crippen LogP contribution in [-0.2, 0) is 19.6 Å². The van der Waals surface area contributed by atoms with E-state index in [1.807, 2.05) is 0 Å². The number of hydrogen-bond acceptors (Lipinski definition) is 6. The largest absolute Gasteiger partial charge is 0.462 e. The highest BCUT2D eigenvalue weighted by Gasteiger charge is 2.28. The number of ether oxygens (including phenoxy) is 2. The molecule has 0 unspecified atom stereocenters. The lowest BCUT2D eigenvalue weighted by Gasteiger charge is -2.13. The van der Waals surface area contributed by atoms with E-state index >= 15 is 0 Å². The van der Waals surface area contributed by atoms with E-state index in [0.29, 0.717) is 12.8 Å². The van der Waals surface area contributed by atoms with Gasteiger partial charge in [0.25, 0.3) is 10.1 Å². The van der Waals surface area contributed by atoms with Crippen molar-refractivity contribution in [3.05, 3.63) is 53.6 Å². The van der Waals surface area contributed by atoms with Gasteiger partial charge in [0, 0.05) is 0 Å². The van der Waals surface area contributed by atoms with E-state index in [2.05, 4.69) is 38.2 Å². The first-order valence-electron chi connectivity index (χ1n) is 21.1. The SMILES string of the molecule is CCCCCCCCC/C=C/CCCCCCCOC(=O)c1cccc(S(=O)(=O)O)c1C(=O)OCCCCCCC/C=C/CCCCCCCCC. The Kier molecular flexibility index (Phi) is 30.3. The van der Waals surface area contributed by atoms with Crippen LogP contribution in [0.5, 0.6) is 0 Å². The van der Waals surface area contributed by atoms with Gasteiger partial charge in [0.1, 0.15) is 4.90 Å². The molecule has 0 bridgehead atoms. The molecule has 1 aromatic carbocycles. The first kappa shape index (κ1) is 47.6. The number of esters is 2. The minimum atomic E-state index is -4.77. The predicted octanol–water partition coefficient (Wildman–Crippen LogP) is 13.3. The molecule has 7 nitrogen and oxygen atoms in total. The van der Waals surface area contributed by atoms with Crippen LogP contribution in [0.1, 0.15) is 214 Å². The Bertz CT molecular complexity index is 1200. The number of allylic oxidation sites excluding steroid dienone is 4. The molecule has 0 radical (unpaired) electrons. The van der Waals surface area contributed by atoms with Crippen LogP contribution in [0.2, 0.25) is 0 Å². The molecule has 0 spiro atoms. The lowest BCUT2D eigenvalue weighted by Crippen LogP contribution is -2.19. The Morgan fingerprint density at radius 1 is 0.519 bits per heavy atom. The van der Waals surface area contributed by atoms with Gasteiger partial charge in [-0.05, 0) is 76.3 Å². The van der Waals surface area contributed by atoms with Crippen LogP contribution in [-0.4, -0.2) is 38.1 Å². The Morgan fingerprint density at radius 2 is 0.865 bits per heavy atom. The summed E-state index contributed by atoms with van der Waals surface area (Å²) in [5.41, 5.74) is -0.693. The molecule has 1 rings (SSSR count). The predicted molar refractivity (Wildman–Crippen MR) is 216 cm³/mol. The van der Waals surface area contributed by atoms with Gasteiger partial charge in [0.05, 0.1) is 24.3 Å². The maximum atomic E-state index is 13.0. The maximum absolute atomic E-state index is 13.0. The first-order chi connectivity index (χ1) is 25.3. The molecule has 1 aromatic rings. The Balaban J connectivity index is 2.28. The van der Waals surface area contributed by atoms with E-state index in [1.54, 1.807) is 0 Å². The van der Waals surface area contributed by atoms with Crippen LogP contribution in [0.3, 0.4) is 0 Å². The quantitative estimate of drug-likeness (QED) is 0.0319. The summed E-state index contributed by atoms with van der Waals surface area (Å²) in [4.78, 5) is 25.3. The minimum Gasteiger partial charge on any atom is -0.462 e. The fraction of sp³-hybridized carbons (Fsp3) is 0.727. The number of carbonyl (C=O) groups is 2. The third-order valence-electron chi connectivity index (χ3n) is 9.51. The van der Waals surface area contributed by atoms with Crippen molar-refractivity contribution in [1.29, 1.82) is 0 Å². The number of benzene rings is 1. The molecule has 52 heavy (non-hydrogen) atoms. The van der Waals surface area contributed by atoms with E-state index in [-0.39, 0.29) is 18.8 Å². The third kappa shape index (κ3) is 25.5. The van der Waals surface area contributed by atoms with Gasteiger partial charge in [-0.3, -0.25) is 4.55 Å². The zero-order chi connectivity index (χ0) is 38.0. The number of carbonyl (C=O) groups excluding carboxylic acids is 2. The molecule has 1 N–H and O–H groups in total. The van der Waals surface area contributed by atoms with Gasteiger partial charge in [0.15, 0.2) is 0 Å². The minimum absolute atomic E-state index is 0.0977. The second-order valence-corrected chi connectivity index (χ2v) is 15.7. The van der Waals surface area contributed by atoms with Crippen molar-refractivity contribution in [3.8, 4) is 0 Å². The molecule has 0 fully saturated rings. The Morgan fingerprint density at radius 3 is 1.25 bits per heavy atom.